The van der Waals surface area contributed by atoms with E-state index in [1.165, 1.54) is 18.4 Å². The summed E-state index contributed by atoms with van der Waals surface area (Å²) in [6.45, 7) is 4.08. The van der Waals surface area contributed by atoms with Crippen LogP contribution in [0.15, 0.2) is 12.1 Å². The van der Waals surface area contributed by atoms with Crippen LogP contribution in [-0.4, -0.2) is 25.7 Å². The van der Waals surface area contributed by atoms with E-state index in [-0.39, 0.29) is 11.9 Å². The molecule has 22 heavy (non-hydrogen) atoms. The smallest absolute Gasteiger partial charge is 0.348 e. The topological polar surface area (TPSA) is 76.4 Å². The molecule has 2 atom stereocenters. The summed E-state index contributed by atoms with van der Waals surface area (Å²) in [5, 5.41) is 9.00. The Morgan fingerprint density at radius 1 is 1.36 bits per heavy atom. The molecule has 0 aliphatic carbocycles. The molecule has 6 heteroatoms. The van der Waals surface area contributed by atoms with Crippen LogP contribution in [0.4, 0.5) is 0 Å². The lowest BCUT2D eigenvalue weighted by Crippen LogP contribution is -2.16. The number of hydrogen-bond donors (Lipinski definition) is 0. The van der Waals surface area contributed by atoms with Gasteiger partial charge in [0, 0.05) is 4.88 Å². The van der Waals surface area contributed by atoms with E-state index in [1.807, 2.05) is 12.1 Å². The number of nitriles is 1. The highest BCUT2D eigenvalue weighted by Crippen LogP contribution is 2.29. The second-order valence-electron chi connectivity index (χ2n) is 4.96. The number of thiophene rings is 1. The fraction of sp³-hybridized carbons (Fsp3) is 0.562. The maximum atomic E-state index is 11.5. The van der Waals surface area contributed by atoms with Gasteiger partial charge in [-0.1, -0.05) is 13.3 Å². The molecule has 0 N–H and O–H groups in total. The summed E-state index contributed by atoms with van der Waals surface area (Å²) in [5.74, 6) is -1.19. The summed E-state index contributed by atoms with van der Waals surface area (Å²) in [6, 6.07) is 5.68. The molecule has 0 saturated carbocycles. The van der Waals surface area contributed by atoms with Gasteiger partial charge < -0.3 is 9.47 Å². The van der Waals surface area contributed by atoms with E-state index in [4.69, 9.17) is 10.00 Å². The molecule has 0 amide bonds. The lowest BCUT2D eigenvalue weighted by Gasteiger charge is -2.11. The maximum Gasteiger partial charge on any atom is 0.348 e. The van der Waals surface area contributed by atoms with Gasteiger partial charge in [-0.05, 0) is 37.8 Å². The first-order valence-corrected chi connectivity index (χ1v) is 8.09. The Labute approximate surface area is 134 Å². The Bertz CT molecular complexity index is 547. The fourth-order valence-corrected chi connectivity index (χ4v) is 3.09. The number of carbonyl (C=O) groups excluding carboxylic acids is 2. The molecule has 0 aliphatic heterocycles. The molecule has 5 nitrogen and oxygen atoms in total. The number of nitrogens with zero attached hydrogens (tertiary/aromatic N) is 1. The Balaban J connectivity index is 2.47. The van der Waals surface area contributed by atoms with E-state index in [9.17, 15) is 9.59 Å². The Morgan fingerprint density at radius 3 is 2.68 bits per heavy atom. The molecule has 1 heterocycles. The summed E-state index contributed by atoms with van der Waals surface area (Å²) in [5.41, 5.74) is 0. The zero-order chi connectivity index (χ0) is 16.5. The van der Waals surface area contributed by atoms with E-state index in [1.54, 1.807) is 13.0 Å². The van der Waals surface area contributed by atoms with Crippen molar-refractivity contribution in [3.05, 3.63) is 21.9 Å². The number of esters is 2. The molecule has 1 aromatic rings. The first-order chi connectivity index (χ1) is 10.5. The summed E-state index contributed by atoms with van der Waals surface area (Å²) >= 11 is 1.42. The third-order valence-corrected chi connectivity index (χ3v) is 4.65. The molecule has 0 aromatic carbocycles. The van der Waals surface area contributed by atoms with Crippen molar-refractivity contribution in [3.63, 3.8) is 0 Å². The highest BCUT2D eigenvalue weighted by molar-refractivity contribution is 7.14. The van der Waals surface area contributed by atoms with E-state index < -0.39 is 11.9 Å². The van der Waals surface area contributed by atoms with Gasteiger partial charge in [0.25, 0.3) is 0 Å². The van der Waals surface area contributed by atoms with Crippen LogP contribution < -0.4 is 0 Å². The third-order valence-electron chi connectivity index (χ3n) is 3.36. The third kappa shape index (κ3) is 5.15. The van der Waals surface area contributed by atoms with Crippen molar-refractivity contribution in [2.24, 2.45) is 5.92 Å². The zero-order valence-corrected chi connectivity index (χ0v) is 13.9. The van der Waals surface area contributed by atoms with E-state index in [0.29, 0.717) is 17.9 Å². The minimum atomic E-state index is -0.693. The molecule has 0 saturated heterocycles. The average Bonchev–Trinajstić information content (AvgIpc) is 3.00. The van der Waals surface area contributed by atoms with Gasteiger partial charge in [-0.15, -0.1) is 11.3 Å². The first-order valence-electron chi connectivity index (χ1n) is 7.27. The summed E-state index contributed by atoms with van der Waals surface area (Å²) in [7, 11) is 1.36. The van der Waals surface area contributed by atoms with Gasteiger partial charge in [-0.25, -0.2) is 4.79 Å². The van der Waals surface area contributed by atoms with E-state index in [2.05, 4.69) is 11.7 Å². The Kier molecular flexibility index (Phi) is 7.61. The zero-order valence-electron chi connectivity index (χ0n) is 13.1. The first kappa shape index (κ1) is 18.2. The Morgan fingerprint density at radius 2 is 2.09 bits per heavy atom. The average molecular weight is 323 g/mol. The summed E-state index contributed by atoms with van der Waals surface area (Å²) in [4.78, 5) is 24.7. The van der Waals surface area contributed by atoms with Gasteiger partial charge in [0.15, 0.2) is 0 Å². The van der Waals surface area contributed by atoms with Crippen LogP contribution in [0, 0.1) is 17.2 Å². The standard InChI is InChI=1S/C16H21NO4S/c1-4-21-15(18)12(10-17)7-5-6-11(2)13-8-9-14(22-13)16(19)20-3/h8-9,11-12H,4-7H2,1-3H3. The quantitative estimate of drug-likeness (QED) is 0.684. The van der Waals surface area contributed by atoms with Crippen LogP contribution in [-0.2, 0) is 14.3 Å². The van der Waals surface area contributed by atoms with Gasteiger partial charge in [0.05, 0.1) is 19.8 Å². The molecule has 1 aromatic heterocycles. The normalized spacial score (nSPS) is 13.0. The minimum absolute atomic E-state index is 0.268. The number of hydrogen-bond acceptors (Lipinski definition) is 6. The van der Waals surface area contributed by atoms with Gasteiger partial charge in [0.2, 0.25) is 0 Å². The van der Waals surface area contributed by atoms with Crippen LogP contribution >= 0.6 is 11.3 Å². The van der Waals surface area contributed by atoms with Crippen molar-refractivity contribution in [2.75, 3.05) is 13.7 Å². The molecule has 2 unspecified atom stereocenters. The highest BCUT2D eigenvalue weighted by atomic mass is 32.1. The van der Waals surface area contributed by atoms with Crippen LogP contribution in [0.2, 0.25) is 0 Å². The Hall–Kier alpha value is -1.87. The lowest BCUT2D eigenvalue weighted by atomic mass is 9.97. The second kappa shape index (κ2) is 9.21. The maximum absolute atomic E-state index is 11.5. The number of ether oxygens (including phenoxy) is 2. The van der Waals surface area contributed by atoms with Crippen molar-refractivity contribution >= 4 is 23.3 Å². The minimum Gasteiger partial charge on any atom is -0.465 e. The molecule has 1 rings (SSSR count). The molecular formula is C16H21NO4S. The molecule has 120 valence electrons. The van der Waals surface area contributed by atoms with Gasteiger partial charge in [0.1, 0.15) is 10.8 Å². The van der Waals surface area contributed by atoms with Crippen molar-refractivity contribution < 1.29 is 19.1 Å². The molecule has 0 radical (unpaired) electrons. The molecule has 0 fully saturated rings. The molecular weight excluding hydrogens is 302 g/mol. The van der Waals surface area contributed by atoms with Gasteiger partial charge >= 0.3 is 11.9 Å². The molecule has 0 bridgehead atoms. The fourth-order valence-electron chi connectivity index (χ4n) is 2.08. The predicted octanol–water partition coefficient (Wildman–Crippen LogP) is 3.51. The van der Waals surface area contributed by atoms with Gasteiger partial charge in [-0.3, -0.25) is 4.79 Å². The number of carbonyl (C=O) groups is 2. The lowest BCUT2D eigenvalue weighted by molar-refractivity contribution is -0.146. The summed E-state index contributed by atoms with van der Waals surface area (Å²) < 4.78 is 9.56. The van der Waals surface area contributed by atoms with E-state index >= 15 is 0 Å². The molecule has 0 aliphatic rings. The predicted molar refractivity (Wildman–Crippen MR) is 83.7 cm³/mol. The SMILES string of the molecule is CCOC(=O)C(C#N)CCCC(C)c1ccc(C(=O)OC)s1. The van der Waals surface area contributed by atoms with Crippen molar-refractivity contribution in [1.29, 1.82) is 5.26 Å². The van der Waals surface area contributed by atoms with Crippen LogP contribution in [0.1, 0.15) is 53.6 Å². The van der Waals surface area contributed by atoms with Gasteiger partial charge in [-0.2, -0.15) is 5.26 Å². The number of rotatable bonds is 8. The van der Waals surface area contributed by atoms with E-state index in [0.717, 1.165) is 17.7 Å². The monoisotopic (exact) mass is 323 g/mol. The van der Waals surface area contributed by atoms with Crippen LogP contribution in [0.5, 0.6) is 0 Å². The van der Waals surface area contributed by atoms with Crippen molar-refractivity contribution in [1.82, 2.24) is 0 Å². The largest absolute Gasteiger partial charge is 0.465 e. The van der Waals surface area contributed by atoms with Crippen LogP contribution in [0.3, 0.4) is 0 Å². The number of methoxy groups -OCH3 is 1. The summed E-state index contributed by atoms with van der Waals surface area (Å²) in [6.07, 6.45) is 2.09. The molecule has 0 spiro atoms. The van der Waals surface area contributed by atoms with Crippen molar-refractivity contribution in [3.8, 4) is 6.07 Å². The highest BCUT2D eigenvalue weighted by Gasteiger charge is 2.20. The van der Waals surface area contributed by atoms with Crippen molar-refractivity contribution in [2.45, 2.75) is 39.0 Å². The van der Waals surface area contributed by atoms with Crippen LogP contribution in [0.25, 0.3) is 0 Å². The second-order valence-corrected chi connectivity index (χ2v) is 6.07.